The number of hydrogen-bond acceptors (Lipinski definition) is 3. The highest BCUT2D eigenvalue weighted by Crippen LogP contribution is 2.28. The van der Waals surface area contributed by atoms with Crippen molar-refractivity contribution in [2.24, 2.45) is 0 Å². The molecule has 0 spiro atoms. The quantitative estimate of drug-likeness (QED) is 0.433. The van der Waals surface area contributed by atoms with Crippen molar-refractivity contribution < 1.29 is 4.79 Å². The van der Waals surface area contributed by atoms with Crippen molar-refractivity contribution in [3.8, 4) is 11.3 Å². The largest absolute Gasteiger partial charge is 0.345 e. The first-order valence-electron chi connectivity index (χ1n) is 9.09. The average molecular weight is 422 g/mol. The maximum Gasteiger partial charge on any atom is 0.252 e. The van der Waals surface area contributed by atoms with Crippen LogP contribution in [0.1, 0.15) is 28.9 Å². The van der Waals surface area contributed by atoms with E-state index in [1.165, 1.54) is 0 Å². The van der Waals surface area contributed by atoms with Gasteiger partial charge in [0.05, 0.1) is 22.8 Å². The van der Waals surface area contributed by atoms with Gasteiger partial charge < -0.3 is 5.32 Å². The van der Waals surface area contributed by atoms with E-state index in [4.69, 9.17) is 28.2 Å². The predicted molar refractivity (Wildman–Crippen MR) is 117 cm³/mol. The van der Waals surface area contributed by atoms with E-state index < -0.39 is 0 Å². The Morgan fingerprint density at radius 3 is 2.59 bits per heavy atom. The Morgan fingerprint density at radius 2 is 1.83 bits per heavy atom. The van der Waals surface area contributed by atoms with Crippen molar-refractivity contribution >= 4 is 40.0 Å². The summed E-state index contributed by atoms with van der Waals surface area (Å²) in [5, 5.41) is 4.78. The van der Waals surface area contributed by atoms with Gasteiger partial charge in [0, 0.05) is 33.4 Å². The van der Waals surface area contributed by atoms with Crippen LogP contribution in [0, 0.1) is 0 Å². The Morgan fingerprint density at radius 1 is 1.03 bits per heavy atom. The summed E-state index contributed by atoms with van der Waals surface area (Å²) >= 11 is 12.3. The predicted octanol–water partition coefficient (Wildman–Crippen LogP) is 6.09. The molecule has 1 atom stereocenters. The third-order valence-electron chi connectivity index (χ3n) is 4.70. The number of amides is 1. The summed E-state index contributed by atoms with van der Waals surface area (Å²) in [4.78, 5) is 22.0. The molecule has 0 bridgehead atoms. The lowest BCUT2D eigenvalue weighted by atomic mass is 10.0. The first-order chi connectivity index (χ1) is 14.0. The van der Waals surface area contributed by atoms with Gasteiger partial charge in [0.15, 0.2) is 0 Å². The van der Waals surface area contributed by atoms with Crippen molar-refractivity contribution in [1.82, 2.24) is 15.3 Å². The Kier molecular flexibility index (Phi) is 5.47. The zero-order chi connectivity index (χ0) is 20.4. The summed E-state index contributed by atoms with van der Waals surface area (Å²) in [5.74, 6) is -0.221. The van der Waals surface area contributed by atoms with E-state index in [9.17, 15) is 4.79 Å². The van der Waals surface area contributed by atoms with Gasteiger partial charge in [-0.05, 0) is 36.8 Å². The van der Waals surface area contributed by atoms with E-state index >= 15 is 0 Å². The molecule has 29 heavy (non-hydrogen) atoms. The smallest absolute Gasteiger partial charge is 0.252 e. The Balaban J connectivity index is 1.73. The summed E-state index contributed by atoms with van der Waals surface area (Å²) in [5.41, 5.74) is 3.69. The second kappa shape index (κ2) is 8.19. The lowest BCUT2D eigenvalue weighted by Gasteiger charge is -2.17. The van der Waals surface area contributed by atoms with Gasteiger partial charge in [0.2, 0.25) is 0 Å². The SMILES string of the molecule is CC(NC(=O)c1cc(-c2ccccc2)nc2ccncc12)c1ccc(Cl)cc1Cl. The lowest BCUT2D eigenvalue weighted by molar-refractivity contribution is 0.0941. The highest BCUT2D eigenvalue weighted by molar-refractivity contribution is 6.35. The molecule has 4 rings (SSSR count). The van der Waals surface area contributed by atoms with Gasteiger partial charge >= 0.3 is 0 Å². The molecule has 0 aliphatic rings. The lowest BCUT2D eigenvalue weighted by Crippen LogP contribution is -2.27. The number of nitrogens with zero attached hydrogens (tertiary/aromatic N) is 2. The molecule has 1 amide bonds. The summed E-state index contributed by atoms with van der Waals surface area (Å²) in [6.45, 7) is 1.88. The number of halogens is 2. The Labute approximate surface area is 178 Å². The number of carbonyl (C=O) groups is 1. The van der Waals surface area contributed by atoms with Crippen LogP contribution < -0.4 is 5.32 Å². The molecule has 4 aromatic rings. The standard InChI is InChI=1S/C23H17Cl2N3O/c1-14(17-8-7-16(24)11-20(17)25)27-23(29)18-12-22(15-5-3-2-4-6-15)28-21-9-10-26-13-19(18)21/h2-14H,1H3,(H,27,29). The van der Waals surface area contributed by atoms with Crippen molar-refractivity contribution in [2.75, 3.05) is 0 Å². The minimum Gasteiger partial charge on any atom is -0.345 e. The summed E-state index contributed by atoms with van der Waals surface area (Å²) < 4.78 is 0. The third kappa shape index (κ3) is 4.09. The van der Waals surface area contributed by atoms with Gasteiger partial charge in [-0.1, -0.05) is 59.6 Å². The van der Waals surface area contributed by atoms with Crippen LogP contribution in [-0.2, 0) is 0 Å². The molecular weight excluding hydrogens is 405 g/mol. The minimum absolute atomic E-state index is 0.221. The summed E-state index contributed by atoms with van der Waals surface area (Å²) in [6, 6.07) is 18.3. The molecule has 2 aromatic heterocycles. The first-order valence-corrected chi connectivity index (χ1v) is 9.84. The number of benzene rings is 2. The minimum atomic E-state index is -0.299. The van der Waals surface area contributed by atoms with Gasteiger partial charge in [-0.2, -0.15) is 0 Å². The molecule has 0 saturated carbocycles. The van der Waals surface area contributed by atoms with Crippen molar-refractivity contribution in [1.29, 1.82) is 0 Å². The Hall–Kier alpha value is -2.95. The van der Waals surface area contributed by atoms with Crippen molar-refractivity contribution in [2.45, 2.75) is 13.0 Å². The number of carbonyl (C=O) groups excluding carboxylic acids is 1. The second-order valence-corrected chi connectivity index (χ2v) is 7.52. The highest BCUT2D eigenvalue weighted by Gasteiger charge is 2.18. The van der Waals surface area contributed by atoms with Crippen LogP contribution in [0.3, 0.4) is 0 Å². The molecule has 4 nitrogen and oxygen atoms in total. The van der Waals surface area contributed by atoms with Gasteiger partial charge in [0.25, 0.3) is 5.91 Å². The molecule has 0 saturated heterocycles. The van der Waals surface area contributed by atoms with E-state index in [-0.39, 0.29) is 11.9 Å². The van der Waals surface area contributed by atoms with Crippen LogP contribution in [0.2, 0.25) is 10.0 Å². The molecule has 1 N–H and O–H groups in total. The fourth-order valence-electron chi connectivity index (χ4n) is 3.22. The molecule has 0 fully saturated rings. The first kappa shape index (κ1) is 19.4. The fourth-order valence-corrected chi connectivity index (χ4v) is 3.79. The average Bonchev–Trinajstić information content (AvgIpc) is 2.73. The summed E-state index contributed by atoms with van der Waals surface area (Å²) in [6.07, 6.45) is 3.33. The van der Waals surface area contributed by atoms with Crippen molar-refractivity contribution in [3.05, 3.63) is 94.2 Å². The number of rotatable bonds is 4. The maximum atomic E-state index is 13.2. The maximum absolute atomic E-state index is 13.2. The van der Waals surface area contributed by atoms with E-state index in [0.29, 0.717) is 26.5 Å². The summed E-state index contributed by atoms with van der Waals surface area (Å²) in [7, 11) is 0. The molecule has 6 heteroatoms. The van der Waals surface area contributed by atoms with Gasteiger partial charge in [-0.15, -0.1) is 0 Å². The van der Waals surface area contributed by atoms with Crippen LogP contribution in [0.5, 0.6) is 0 Å². The molecule has 1 unspecified atom stereocenters. The monoisotopic (exact) mass is 421 g/mol. The molecular formula is C23H17Cl2N3O. The van der Waals surface area contributed by atoms with Crippen molar-refractivity contribution in [3.63, 3.8) is 0 Å². The number of hydrogen-bond donors (Lipinski definition) is 1. The van der Waals surface area contributed by atoms with E-state index in [0.717, 1.165) is 16.8 Å². The number of nitrogens with one attached hydrogen (secondary N) is 1. The van der Waals surface area contributed by atoms with Gasteiger partial charge in [0.1, 0.15) is 0 Å². The van der Waals surface area contributed by atoms with Gasteiger partial charge in [-0.3, -0.25) is 9.78 Å². The molecule has 0 aliphatic carbocycles. The van der Waals surface area contributed by atoms with Crippen LogP contribution in [0.25, 0.3) is 22.2 Å². The van der Waals surface area contributed by atoms with E-state index in [1.807, 2.05) is 43.3 Å². The van der Waals surface area contributed by atoms with Crippen LogP contribution >= 0.6 is 23.2 Å². The number of fused-ring (bicyclic) bond motifs is 1. The number of aromatic nitrogens is 2. The molecule has 2 heterocycles. The van der Waals surface area contributed by atoms with E-state index in [1.54, 1.807) is 36.7 Å². The second-order valence-electron chi connectivity index (χ2n) is 6.67. The molecule has 144 valence electrons. The zero-order valence-electron chi connectivity index (χ0n) is 15.6. The van der Waals surface area contributed by atoms with Crippen LogP contribution in [0.4, 0.5) is 0 Å². The highest BCUT2D eigenvalue weighted by atomic mass is 35.5. The molecule has 0 radical (unpaired) electrons. The third-order valence-corrected chi connectivity index (χ3v) is 5.26. The molecule has 0 aliphatic heterocycles. The Bertz CT molecular complexity index is 1200. The van der Waals surface area contributed by atoms with Crippen LogP contribution in [0.15, 0.2) is 73.1 Å². The zero-order valence-corrected chi connectivity index (χ0v) is 17.1. The topological polar surface area (TPSA) is 54.9 Å². The van der Waals surface area contributed by atoms with E-state index in [2.05, 4.69) is 10.3 Å². The fraction of sp³-hybridized carbons (Fsp3) is 0.0870. The number of pyridine rings is 2. The van der Waals surface area contributed by atoms with Gasteiger partial charge in [-0.25, -0.2) is 4.98 Å². The molecule has 2 aromatic carbocycles. The van der Waals surface area contributed by atoms with Crippen LogP contribution in [-0.4, -0.2) is 15.9 Å². The normalized spacial score (nSPS) is 12.0.